The summed E-state index contributed by atoms with van der Waals surface area (Å²) >= 11 is 1.99. The molecule has 1 unspecified atom stereocenters. The quantitative estimate of drug-likeness (QED) is 0.443. The van der Waals surface area contributed by atoms with Gasteiger partial charge in [0, 0.05) is 6.42 Å². The van der Waals surface area contributed by atoms with E-state index < -0.39 is 0 Å². The highest BCUT2D eigenvalue weighted by Gasteiger charge is 1.88. The van der Waals surface area contributed by atoms with Gasteiger partial charge in [-0.05, 0) is 6.42 Å². The molecule has 0 bridgehead atoms. The Morgan fingerprint density at radius 3 is 2.62 bits per heavy atom. The van der Waals surface area contributed by atoms with Crippen LogP contribution in [-0.2, 0) is 0 Å². The van der Waals surface area contributed by atoms with Crippen molar-refractivity contribution >= 4 is 22.6 Å². The molecular formula is C6H11IO. The Balaban J connectivity index is 3.03. The second-order valence-corrected chi connectivity index (χ2v) is 2.99. The molecule has 1 atom stereocenters. The van der Waals surface area contributed by atoms with Gasteiger partial charge in [0.2, 0.25) is 0 Å². The van der Waals surface area contributed by atoms with Gasteiger partial charge in [-0.15, -0.1) is 0 Å². The van der Waals surface area contributed by atoms with Crippen LogP contribution in [0.25, 0.3) is 0 Å². The summed E-state index contributed by atoms with van der Waals surface area (Å²) in [5.41, 5.74) is 0. The predicted octanol–water partition coefficient (Wildman–Crippen LogP) is 2.10. The van der Waals surface area contributed by atoms with Gasteiger partial charge in [-0.2, -0.15) is 0 Å². The first-order valence-corrected chi connectivity index (χ1v) is 3.99. The van der Waals surface area contributed by atoms with Crippen LogP contribution in [0.15, 0.2) is 12.2 Å². The summed E-state index contributed by atoms with van der Waals surface area (Å²) in [4.78, 5) is 0. The molecule has 1 N–H and O–H groups in total. The Bertz CT molecular complexity index is 68.9. The van der Waals surface area contributed by atoms with Crippen LogP contribution in [-0.4, -0.2) is 9.22 Å². The topological polar surface area (TPSA) is 20.2 Å². The van der Waals surface area contributed by atoms with Crippen molar-refractivity contribution in [2.75, 3.05) is 0 Å². The van der Waals surface area contributed by atoms with E-state index in [1.807, 2.05) is 28.7 Å². The Morgan fingerprint density at radius 2 is 2.25 bits per heavy atom. The van der Waals surface area contributed by atoms with E-state index in [1.165, 1.54) is 0 Å². The Labute approximate surface area is 63.9 Å². The molecule has 0 heterocycles. The van der Waals surface area contributed by atoms with Crippen molar-refractivity contribution in [1.82, 2.24) is 0 Å². The monoisotopic (exact) mass is 226 g/mol. The van der Waals surface area contributed by atoms with Gasteiger partial charge in [0.05, 0.1) is 0 Å². The second-order valence-electron chi connectivity index (χ2n) is 1.55. The van der Waals surface area contributed by atoms with E-state index in [1.54, 1.807) is 0 Å². The Hall–Kier alpha value is 0.430. The van der Waals surface area contributed by atoms with Crippen LogP contribution in [0.3, 0.4) is 0 Å². The predicted molar refractivity (Wildman–Crippen MR) is 44.1 cm³/mol. The number of alkyl halides is 1. The van der Waals surface area contributed by atoms with Crippen molar-refractivity contribution in [3.8, 4) is 0 Å². The summed E-state index contributed by atoms with van der Waals surface area (Å²) in [5.74, 6) is 0. The molecular weight excluding hydrogens is 215 g/mol. The summed E-state index contributed by atoms with van der Waals surface area (Å²) in [6, 6.07) is 0. The van der Waals surface area contributed by atoms with Gasteiger partial charge in [0.15, 0.2) is 0 Å². The van der Waals surface area contributed by atoms with E-state index in [0.29, 0.717) is 0 Å². The molecule has 0 aromatic rings. The first kappa shape index (κ1) is 8.43. The largest absolute Gasteiger partial charge is 0.382 e. The molecule has 0 aliphatic carbocycles. The minimum absolute atomic E-state index is 0.213. The maximum absolute atomic E-state index is 8.71. The normalized spacial score (nSPS) is 14.9. The molecule has 0 rings (SSSR count). The van der Waals surface area contributed by atoms with Crippen LogP contribution < -0.4 is 0 Å². The average molecular weight is 226 g/mol. The molecule has 1 nitrogen and oxygen atoms in total. The lowest BCUT2D eigenvalue weighted by molar-refractivity contribution is 0.283. The molecule has 0 saturated heterocycles. The third-order valence-corrected chi connectivity index (χ3v) is 1.24. The average Bonchev–Trinajstić information content (AvgIpc) is 1.66. The fourth-order valence-corrected chi connectivity index (χ4v) is 0.669. The molecule has 2 heteroatoms. The zero-order valence-electron chi connectivity index (χ0n) is 4.97. The summed E-state index contributed by atoms with van der Waals surface area (Å²) in [7, 11) is 0. The highest BCUT2D eigenvalue weighted by molar-refractivity contribution is 14.1. The van der Waals surface area contributed by atoms with Gasteiger partial charge in [-0.25, -0.2) is 0 Å². The van der Waals surface area contributed by atoms with E-state index in [4.69, 9.17) is 5.11 Å². The number of halogens is 1. The molecule has 0 aliphatic heterocycles. The highest BCUT2D eigenvalue weighted by atomic mass is 127. The molecule has 0 amide bonds. The van der Waals surface area contributed by atoms with Crippen LogP contribution in [0.1, 0.15) is 19.8 Å². The van der Waals surface area contributed by atoms with Crippen LogP contribution >= 0.6 is 22.6 Å². The van der Waals surface area contributed by atoms with E-state index >= 15 is 0 Å². The van der Waals surface area contributed by atoms with Crippen LogP contribution in [0.4, 0.5) is 0 Å². The summed E-state index contributed by atoms with van der Waals surface area (Å²) < 4.78 is -0.213. The van der Waals surface area contributed by atoms with Crippen LogP contribution in [0.2, 0.25) is 0 Å². The fourth-order valence-electron chi connectivity index (χ4n) is 0.375. The van der Waals surface area contributed by atoms with E-state index in [-0.39, 0.29) is 4.11 Å². The standard InChI is InChI=1S/C6H11IO/c1-2-3-4-5-6(7)8/h3-4,6,8H,2,5H2,1H3. The molecule has 0 fully saturated rings. The highest BCUT2D eigenvalue weighted by Crippen LogP contribution is 2.01. The molecule has 0 spiro atoms. The molecule has 48 valence electrons. The third-order valence-electron chi connectivity index (χ3n) is 0.733. The molecule has 8 heavy (non-hydrogen) atoms. The SMILES string of the molecule is CCC=CCC(O)I. The minimum atomic E-state index is -0.213. The number of rotatable bonds is 3. The maximum atomic E-state index is 8.71. The zero-order valence-corrected chi connectivity index (χ0v) is 7.13. The molecule has 0 radical (unpaired) electrons. The van der Waals surface area contributed by atoms with Crippen molar-refractivity contribution in [1.29, 1.82) is 0 Å². The van der Waals surface area contributed by atoms with Crippen molar-refractivity contribution in [2.24, 2.45) is 0 Å². The minimum Gasteiger partial charge on any atom is -0.382 e. The van der Waals surface area contributed by atoms with Crippen molar-refractivity contribution in [2.45, 2.75) is 23.9 Å². The molecule has 0 aromatic heterocycles. The van der Waals surface area contributed by atoms with Crippen LogP contribution in [0.5, 0.6) is 0 Å². The van der Waals surface area contributed by atoms with Gasteiger partial charge in [0.25, 0.3) is 0 Å². The first-order chi connectivity index (χ1) is 3.77. The summed E-state index contributed by atoms with van der Waals surface area (Å²) in [5, 5.41) is 8.71. The maximum Gasteiger partial charge on any atom is 0.108 e. The summed E-state index contributed by atoms with van der Waals surface area (Å²) in [6.45, 7) is 2.08. The second kappa shape index (κ2) is 5.56. The first-order valence-electron chi connectivity index (χ1n) is 2.74. The van der Waals surface area contributed by atoms with Crippen molar-refractivity contribution < 1.29 is 5.11 Å². The molecule has 0 aromatic carbocycles. The van der Waals surface area contributed by atoms with Crippen molar-refractivity contribution in [3.05, 3.63) is 12.2 Å². The van der Waals surface area contributed by atoms with Gasteiger partial charge in [0.1, 0.15) is 4.11 Å². The summed E-state index contributed by atoms with van der Waals surface area (Å²) in [6.07, 6.45) is 5.89. The molecule has 0 saturated carbocycles. The zero-order chi connectivity index (χ0) is 6.41. The number of aliphatic hydroxyl groups is 1. The van der Waals surface area contributed by atoms with E-state index in [0.717, 1.165) is 12.8 Å². The van der Waals surface area contributed by atoms with Gasteiger partial charge in [-0.3, -0.25) is 0 Å². The van der Waals surface area contributed by atoms with E-state index in [9.17, 15) is 0 Å². The smallest absolute Gasteiger partial charge is 0.108 e. The lowest BCUT2D eigenvalue weighted by Gasteiger charge is -1.92. The van der Waals surface area contributed by atoms with Crippen molar-refractivity contribution in [3.63, 3.8) is 0 Å². The lowest BCUT2D eigenvalue weighted by atomic mass is 10.3. The number of allylic oxidation sites excluding steroid dienone is 1. The van der Waals surface area contributed by atoms with Gasteiger partial charge in [-0.1, -0.05) is 41.7 Å². The molecule has 0 aliphatic rings. The Morgan fingerprint density at radius 1 is 1.62 bits per heavy atom. The number of hydrogen-bond donors (Lipinski definition) is 1. The fraction of sp³-hybridized carbons (Fsp3) is 0.667. The van der Waals surface area contributed by atoms with Crippen LogP contribution in [0, 0.1) is 0 Å². The lowest BCUT2D eigenvalue weighted by Crippen LogP contribution is -1.89. The number of hydrogen-bond acceptors (Lipinski definition) is 1. The number of aliphatic hydroxyl groups excluding tert-OH is 1. The van der Waals surface area contributed by atoms with Gasteiger partial charge < -0.3 is 5.11 Å². The third kappa shape index (κ3) is 6.43. The van der Waals surface area contributed by atoms with E-state index in [2.05, 4.69) is 13.0 Å². The van der Waals surface area contributed by atoms with Gasteiger partial charge >= 0.3 is 0 Å². The Kier molecular flexibility index (Phi) is 5.86.